The van der Waals surface area contributed by atoms with Gasteiger partial charge in [0.25, 0.3) is 0 Å². The maximum Gasteiger partial charge on any atom is 0.130 e. The van der Waals surface area contributed by atoms with E-state index in [2.05, 4.69) is 0 Å². The summed E-state index contributed by atoms with van der Waals surface area (Å²) in [5.41, 5.74) is 5.79. The Kier molecular flexibility index (Phi) is 3.93. The lowest BCUT2D eigenvalue weighted by Gasteiger charge is -1.96. The highest BCUT2D eigenvalue weighted by atomic mass is 35.5. The maximum absolute atomic E-state index is 13.1. The van der Waals surface area contributed by atoms with Crippen molar-refractivity contribution in [2.24, 2.45) is 5.73 Å². The summed E-state index contributed by atoms with van der Waals surface area (Å²) in [5.74, 6) is -0.266. The average molecular weight is 200 g/mol. The third-order valence-corrected chi connectivity index (χ3v) is 1.82. The minimum atomic E-state index is -0.266. The van der Waals surface area contributed by atoms with Crippen LogP contribution in [0, 0.1) is 5.82 Å². The van der Waals surface area contributed by atoms with Crippen LogP contribution < -0.4 is 5.73 Å². The summed E-state index contributed by atoms with van der Waals surface area (Å²) in [6.45, 7) is 0.568. The Morgan fingerprint density at radius 3 is 2.92 bits per heavy atom. The molecule has 0 aliphatic carbocycles. The Morgan fingerprint density at radius 1 is 1.46 bits per heavy atom. The Morgan fingerprint density at radius 2 is 2.23 bits per heavy atom. The minimum Gasteiger partial charge on any atom is -0.330 e. The zero-order chi connectivity index (χ0) is 9.68. The molecular weight excluding hydrogens is 189 g/mol. The summed E-state index contributed by atoms with van der Waals surface area (Å²) in [4.78, 5) is 0. The van der Waals surface area contributed by atoms with Gasteiger partial charge in [0.2, 0.25) is 0 Å². The molecule has 0 aliphatic rings. The van der Waals surface area contributed by atoms with Crippen molar-refractivity contribution in [2.75, 3.05) is 6.54 Å². The summed E-state index contributed by atoms with van der Waals surface area (Å²) in [7, 11) is 0. The second-order valence-electron chi connectivity index (χ2n) is 2.65. The Labute approximate surface area is 82.0 Å². The van der Waals surface area contributed by atoms with Gasteiger partial charge in [0.15, 0.2) is 0 Å². The van der Waals surface area contributed by atoms with Crippen LogP contribution in [0.5, 0.6) is 0 Å². The predicted molar refractivity (Wildman–Crippen MR) is 54.1 cm³/mol. The molecule has 0 saturated carbocycles. The van der Waals surface area contributed by atoms with E-state index >= 15 is 0 Å². The van der Waals surface area contributed by atoms with Gasteiger partial charge in [-0.15, -0.1) is 0 Å². The van der Waals surface area contributed by atoms with Crippen molar-refractivity contribution in [2.45, 2.75) is 6.42 Å². The molecular formula is C10H11ClFN. The maximum atomic E-state index is 13.1. The van der Waals surface area contributed by atoms with Crippen molar-refractivity contribution in [1.82, 2.24) is 0 Å². The molecule has 1 aromatic rings. The summed E-state index contributed by atoms with van der Waals surface area (Å²) in [6.07, 6.45) is 4.26. The van der Waals surface area contributed by atoms with Crippen LogP contribution in [0.4, 0.5) is 4.39 Å². The fourth-order valence-corrected chi connectivity index (χ4v) is 1.13. The van der Waals surface area contributed by atoms with Crippen LogP contribution >= 0.6 is 11.6 Å². The van der Waals surface area contributed by atoms with Gasteiger partial charge in [-0.3, -0.25) is 0 Å². The number of benzene rings is 1. The average Bonchev–Trinajstić information content (AvgIpc) is 2.11. The highest BCUT2D eigenvalue weighted by Crippen LogP contribution is 2.16. The van der Waals surface area contributed by atoms with E-state index < -0.39 is 0 Å². The standard InChI is InChI=1S/C10H11ClFN/c11-9-4-5-10(12)8(7-9)3-1-2-6-13/h1,3-5,7H,2,6,13H2. The second kappa shape index (κ2) is 5.00. The van der Waals surface area contributed by atoms with E-state index in [-0.39, 0.29) is 5.82 Å². The predicted octanol–water partition coefficient (Wildman–Crippen LogP) is 2.84. The lowest BCUT2D eigenvalue weighted by Crippen LogP contribution is -1.95. The van der Waals surface area contributed by atoms with Crippen LogP contribution in [0.1, 0.15) is 12.0 Å². The van der Waals surface area contributed by atoms with Crippen LogP contribution in [0.2, 0.25) is 5.02 Å². The van der Waals surface area contributed by atoms with Crippen molar-refractivity contribution in [3.63, 3.8) is 0 Å². The monoisotopic (exact) mass is 199 g/mol. The number of nitrogens with two attached hydrogens (primary N) is 1. The molecule has 0 amide bonds. The molecule has 1 aromatic carbocycles. The smallest absolute Gasteiger partial charge is 0.130 e. The Bertz CT molecular complexity index is 310. The fraction of sp³-hybridized carbons (Fsp3) is 0.200. The van der Waals surface area contributed by atoms with Crippen LogP contribution in [-0.4, -0.2) is 6.54 Å². The first-order chi connectivity index (χ1) is 6.24. The molecule has 0 spiro atoms. The number of rotatable bonds is 3. The van der Waals surface area contributed by atoms with E-state index in [1.165, 1.54) is 12.1 Å². The largest absolute Gasteiger partial charge is 0.330 e. The van der Waals surface area contributed by atoms with Crippen molar-refractivity contribution >= 4 is 17.7 Å². The highest BCUT2D eigenvalue weighted by Gasteiger charge is 1.97. The Hall–Kier alpha value is -0.860. The SMILES string of the molecule is NCCC=Cc1cc(Cl)ccc1F. The number of hydrogen-bond acceptors (Lipinski definition) is 1. The van der Waals surface area contributed by atoms with E-state index in [9.17, 15) is 4.39 Å². The van der Waals surface area contributed by atoms with Crippen LogP contribution in [0.3, 0.4) is 0 Å². The molecule has 70 valence electrons. The molecule has 0 atom stereocenters. The van der Waals surface area contributed by atoms with Crippen molar-refractivity contribution < 1.29 is 4.39 Å². The third-order valence-electron chi connectivity index (χ3n) is 1.59. The summed E-state index contributed by atoms with van der Waals surface area (Å²) < 4.78 is 13.1. The van der Waals surface area contributed by atoms with Gasteiger partial charge in [0.1, 0.15) is 5.82 Å². The molecule has 0 heterocycles. The molecule has 0 radical (unpaired) electrons. The van der Waals surface area contributed by atoms with Crippen LogP contribution in [-0.2, 0) is 0 Å². The van der Waals surface area contributed by atoms with E-state index in [0.29, 0.717) is 17.1 Å². The molecule has 3 heteroatoms. The first kappa shape index (κ1) is 10.2. The summed E-state index contributed by atoms with van der Waals surface area (Å²) in [5, 5.41) is 0.536. The van der Waals surface area contributed by atoms with Gasteiger partial charge in [-0.1, -0.05) is 23.8 Å². The van der Waals surface area contributed by atoms with E-state index in [0.717, 1.165) is 6.42 Å². The topological polar surface area (TPSA) is 26.0 Å². The second-order valence-corrected chi connectivity index (χ2v) is 3.08. The van der Waals surface area contributed by atoms with Gasteiger partial charge < -0.3 is 5.73 Å². The van der Waals surface area contributed by atoms with E-state index in [1.54, 1.807) is 12.1 Å². The normalized spacial score (nSPS) is 11.0. The van der Waals surface area contributed by atoms with Crippen molar-refractivity contribution in [1.29, 1.82) is 0 Å². The zero-order valence-electron chi connectivity index (χ0n) is 7.13. The van der Waals surface area contributed by atoms with Gasteiger partial charge >= 0.3 is 0 Å². The first-order valence-corrected chi connectivity index (χ1v) is 4.43. The van der Waals surface area contributed by atoms with Crippen molar-refractivity contribution in [3.05, 3.63) is 40.7 Å². The first-order valence-electron chi connectivity index (χ1n) is 4.05. The van der Waals surface area contributed by atoms with E-state index in [1.807, 2.05) is 6.08 Å². The quantitative estimate of drug-likeness (QED) is 0.796. The molecule has 2 N–H and O–H groups in total. The van der Waals surface area contributed by atoms with Gasteiger partial charge in [-0.2, -0.15) is 0 Å². The van der Waals surface area contributed by atoms with Crippen LogP contribution in [0.25, 0.3) is 6.08 Å². The molecule has 0 saturated heterocycles. The summed E-state index contributed by atoms with van der Waals surface area (Å²) in [6, 6.07) is 4.46. The zero-order valence-corrected chi connectivity index (χ0v) is 7.89. The van der Waals surface area contributed by atoms with Gasteiger partial charge in [-0.25, -0.2) is 4.39 Å². The molecule has 1 nitrogen and oxygen atoms in total. The van der Waals surface area contributed by atoms with Gasteiger partial charge in [-0.05, 0) is 31.2 Å². The molecule has 0 fully saturated rings. The lowest BCUT2D eigenvalue weighted by molar-refractivity contribution is 0.625. The molecule has 0 aliphatic heterocycles. The minimum absolute atomic E-state index is 0.266. The molecule has 13 heavy (non-hydrogen) atoms. The molecule has 0 unspecified atom stereocenters. The van der Waals surface area contributed by atoms with Crippen molar-refractivity contribution in [3.8, 4) is 0 Å². The van der Waals surface area contributed by atoms with Crippen LogP contribution in [0.15, 0.2) is 24.3 Å². The Balaban J connectivity index is 2.81. The lowest BCUT2D eigenvalue weighted by atomic mass is 10.2. The highest BCUT2D eigenvalue weighted by molar-refractivity contribution is 6.30. The summed E-state index contributed by atoms with van der Waals surface area (Å²) >= 11 is 5.70. The third kappa shape index (κ3) is 3.17. The fourth-order valence-electron chi connectivity index (χ4n) is 0.949. The molecule has 0 bridgehead atoms. The molecule has 1 rings (SSSR count). The van der Waals surface area contributed by atoms with E-state index in [4.69, 9.17) is 17.3 Å². The number of hydrogen-bond donors (Lipinski definition) is 1. The van der Waals surface area contributed by atoms with Gasteiger partial charge in [0.05, 0.1) is 0 Å². The van der Waals surface area contributed by atoms with Gasteiger partial charge in [0, 0.05) is 10.6 Å². The number of halogens is 2. The molecule has 0 aromatic heterocycles.